The largest absolute Gasteiger partial charge is 0.450 e. The van der Waals surface area contributed by atoms with E-state index in [1.54, 1.807) is 0 Å². The number of para-hydroxylation sites is 1. The summed E-state index contributed by atoms with van der Waals surface area (Å²) in [6, 6.07) is 15.4. The van der Waals surface area contributed by atoms with Crippen molar-refractivity contribution < 1.29 is 14.0 Å². The molecular weight excluding hydrogens is 428 g/mol. The summed E-state index contributed by atoms with van der Waals surface area (Å²) in [5.74, 6) is 0.625. The maximum absolute atomic E-state index is 13.0. The Labute approximate surface area is 200 Å². The molecule has 3 fully saturated rings. The number of carbonyl (C=O) groups is 2. The van der Waals surface area contributed by atoms with Crippen molar-refractivity contribution in [1.29, 1.82) is 0 Å². The molecule has 0 unspecified atom stereocenters. The first kappa shape index (κ1) is 22.6. The number of fused-ring (bicyclic) bond motifs is 4. The second kappa shape index (κ2) is 9.60. The Balaban J connectivity index is 1.36. The minimum absolute atomic E-state index is 0.104. The maximum Gasteiger partial charge on any atom is 0.287 e. The summed E-state index contributed by atoms with van der Waals surface area (Å²) in [5, 5.41) is 7.04. The summed E-state index contributed by atoms with van der Waals surface area (Å²) >= 11 is 0. The zero-order chi connectivity index (χ0) is 23.7. The molecule has 34 heavy (non-hydrogen) atoms. The van der Waals surface area contributed by atoms with Crippen LogP contribution in [0.1, 0.15) is 33.8 Å². The molecule has 2 bridgehead atoms. The van der Waals surface area contributed by atoms with E-state index >= 15 is 0 Å². The highest BCUT2D eigenvalue weighted by molar-refractivity contribution is 6.01. The van der Waals surface area contributed by atoms with Crippen molar-refractivity contribution in [3.8, 4) is 11.1 Å². The third-order valence-electron chi connectivity index (χ3n) is 7.02. The quantitative estimate of drug-likeness (QED) is 0.566. The molecule has 3 aromatic rings. The Morgan fingerprint density at radius 1 is 1.06 bits per heavy atom. The minimum Gasteiger partial charge on any atom is -0.450 e. The van der Waals surface area contributed by atoms with Crippen LogP contribution in [0.25, 0.3) is 22.1 Å². The van der Waals surface area contributed by atoms with Crippen LogP contribution in [-0.2, 0) is 0 Å². The number of nitrogens with zero attached hydrogens (tertiary/aromatic N) is 2. The Bertz CT molecular complexity index is 1190. The van der Waals surface area contributed by atoms with Crippen LogP contribution < -0.4 is 10.6 Å². The normalized spacial score (nSPS) is 21.7. The highest BCUT2D eigenvalue weighted by Gasteiger charge is 2.35. The summed E-state index contributed by atoms with van der Waals surface area (Å²) in [5.41, 5.74) is 3.00. The number of nitrogens with one attached hydrogen (secondary N) is 2. The Morgan fingerprint density at radius 2 is 1.85 bits per heavy atom. The van der Waals surface area contributed by atoms with Gasteiger partial charge in [0.25, 0.3) is 11.8 Å². The predicted octanol–water partition coefficient (Wildman–Crippen LogP) is 3.22. The molecule has 6 rings (SSSR count). The number of hydrogen-bond acceptors (Lipinski definition) is 5. The van der Waals surface area contributed by atoms with Crippen LogP contribution in [0.2, 0.25) is 0 Å². The molecule has 7 nitrogen and oxygen atoms in total. The zero-order valence-corrected chi connectivity index (χ0v) is 19.8. The van der Waals surface area contributed by atoms with Crippen molar-refractivity contribution in [2.24, 2.45) is 5.92 Å². The highest BCUT2D eigenvalue weighted by Crippen LogP contribution is 2.32. The molecule has 7 heteroatoms. The number of likely N-dealkylation sites (N-methyl/N-ethyl adjacent to an activating group) is 1. The second-order valence-corrected chi connectivity index (χ2v) is 9.69. The van der Waals surface area contributed by atoms with Gasteiger partial charge in [-0.2, -0.15) is 0 Å². The average Bonchev–Trinajstić information content (AvgIpc) is 3.29. The number of amides is 2. The summed E-state index contributed by atoms with van der Waals surface area (Å²) in [7, 11) is 3.95. The number of hydrogen-bond donors (Lipinski definition) is 2. The van der Waals surface area contributed by atoms with Crippen LogP contribution in [0.3, 0.4) is 0 Å². The molecular formula is C27H32N4O3. The van der Waals surface area contributed by atoms with Gasteiger partial charge in [-0.1, -0.05) is 30.3 Å². The molecule has 1 aromatic heterocycles. The van der Waals surface area contributed by atoms with Crippen LogP contribution in [0.4, 0.5) is 0 Å². The van der Waals surface area contributed by atoms with Gasteiger partial charge in [0.1, 0.15) is 5.58 Å². The van der Waals surface area contributed by atoms with Crippen molar-refractivity contribution in [2.45, 2.75) is 18.9 Å². The molecule has 4 heterocycles. The number of rotatable bonds is 7. The van der Waals surface area contributed by atoms with Crippen molar-refractivity contribution in [2.75, 3.05) is 46.8 Å². The average molecular weight is 461 g/mol. The third kappa shape index (κ3) is 4.72. The first-order chi connectivity index (χ1) is 16.5. The molecule has 3 saturated heterocycles. The van der Waals surface area contributed by atoms with E-state index in [9.17, 15) is 9.59 Å². The van der Waals surface area contributed by atoms with E-state index in [-0.39, 0.29) is 17.9 Å². The van der Waals surface area contributed by atoms with E-state index in [0.717, 1.165) is 55.5 Å². The predicted molar refractivity (Wildman–Crippen MR) is 133 cm³/mol. The van der Waals surface area contributed by atoms with Crippen molar-refractivity contribution in [3.63, 3.8) is 0 Å². The van der Waals surface area contributed by atoms with Gasteiger partial charge < -0.3 is 24.9 Å². The number of benzene rings is 2. The molecule has 0 aliphatic carbocycles. The fraction of sp³-hybridized carbons (Fsp3) is 0.407. The zero-order valence-electron chi connectivity index (χ0n) is 19.8. The van der Waals surface area contributed by atoms with Gasteiger partial charge in [0.15, 0.2) is 5.76 Å². The van der Waals surface area contributed by atoms with Crippen LogP contribution in [0.5, 0.6) is 0 Å². The van der Waals surface area contributed by atoms with Gasteiger partial charge in [-0.15, -0.1) is 0 Å². The van der Waals surface area contributed by atoms with Gasteiger partial charge in [0.05, 0.1) is 0 Å². The molecule has 2 amide bonds. The molecule has 3 aliphatic heterocycles. The summed E-state index contributed by atoms with van der Waals surface area (Å²) in [6.07, 6.45) is 2.29. The molecule has 0 saturated carbocycles. The number of piperidine rings is 3. The van der Waals surface area contributed by atoms with E-state index in [4.69, 9.17) is 4.42 Å². The number of carbonyl (C=O) groups excluding carboxylic acids is 2. The smallest absolute Gasteiger partial charge is 0.287 e. The minimum atomic E-state index is -0.157. The van der Waals surface area contributed by atoms with Gasteiger partial charge in [-0.05, 0) is 69.7 Å². The Kier molecular flexibility index (Phi) is 6.39. The molecule has 2 aromatic carbocycles. The lowest BCUT2D eigenvalue weighted by Gasteiger charge is -2.44. The summed E-state index contributed by atoms with van der Waals surface area (Å²) < 4.78 is 6.10. The first-order valence-electron chi connectivity index (χ1n) is 12.1. The van der Waals surface area contributed by atoms with Crippen LogP contribution >= 0.6 is 0 Å². The Hall–Kier alpha value is -3.16. The fourth-order valence-corrected chi connectivity index (χ4v) is 5.09. The molecule has 0 spiro atoms. The lowest BCUT2D eigenvalue weighted by Crippen LogP contribution is -2.57. The third-order valence-corrected chi connectivity index (χ3v) is 7.02. The molecule has 2 N–H and O–H groups in total. The SMILES string of the molecule is CN(C)CCNC(=O)c1cccc(-c2cccc3cc(C(=O)N[C@@H]4CN5CCC4CC5)oc23)c1. The molecule has 1 atom stereocenters. The Morgan fingerprint density at radius 3 is 2.59 bits per heavy atom. The standard InChI is InChI=1S/C27H32N4O3/c1-30(2)14-11-28-26(32)21-7-3-5-19(15-21)22-8-4-6-20-16-24(34-25(20)22)27(33)29-23-17-31-12-9-18(23)10-13-31/h3-8,15-16,18,23H,9-14,17H2,1-2H3,(H,28,32)(H,29,33)/t23-/m1/s1. The molecule has 178 valence electrons. The topological polar surface area (TPSA) is 77.8 Å². The monoisotopic (exact) mass is 460 g/mol. The van der Waals surface area contributed by atoms with Gasteiger partial charge in [0.2, 0.25) is 0 Å². The van der Waals surface area contributed by atoms with Gasteiger partial charge >= 0.3 is 0 Å². The van der Waals surface area contributed by atoms with Crippen LogP contribution in [-0.4, -0.2) is 74.5 Å². The lowest BCUT2D eigenvalue weighted by atomic mass is 9.84. The highest BCUT2D eigenvalue weighted by atomic mass is 16.3. The van der Waals surface area contributed by atoms with Gasteiger partial charge in [-0.3, -0.25) is 9.59 Å². The van der Waals surface area contributed by atoms with Crippen molar-refractivity contribution in [3.05, 3.63) is 59.9 Å². The van der Waals surface area contributed by atoms with Crippen molar-refractivity contribution in [1.82, 2.24) is 20.4 Å². The van der Waals surface area contributed by atoms with E-state index in [1.165, 1.54) is 0 Å². The number of furan rings is 1. The maximum atomic E-state index is 13.0. The van der Waals surface area contributed by atoms with Gasteiger partial charge in [-0.25, -0.2) is 0 Å². The molecule has 3 aliphatic rings. The van der Waals surface area contributed by atoms with E-state index in [2.05, 4.69) is 15.5 Å². The van der Waals surface area contributed by atoms with E-state index < -0.39 is 0 Å². The summed E-state index contributed by atoms with van der Waals surface area (Å²) in [6.45, 7) is 4.56. The van der Waals surface area contributed by atoms with E-state index in [0.29, 0.717) is 29.4 Å². The van der Waals surface area contributed by atoms with Gasteiger partial charge in [0, 0.05) is 42.2 Å². The summed E-state index contributed by atoms with van der Waals surface area (Å²) in [4.78, 5) is 30.1. The first-order valence-corrected chi connectivity index (χ1v) is 12.1. The van der Waals surface area contributed by atoms with Crippen LogP contribution in [0.15, 0.2) is 52.9 Å². The second-order valence-electron chi connectivity index (χ2n) is 9.69. The molecule has 0 radical (unpaired) electrons. The fourth-order valence-electron chi connectivity index (χ4n) is 5.09. The lowest BCUT2D eigenvalue weighted by molar-refractivity contribution is 0.0607. The van der Waals surface area contributed by atoms with Crippen LogP contribution in [0, 0.1) is 5.92 Å². The van der Waals surface area contributed by atoms with Crippen molar-refractivity contribution >= 4 is 22.8 Å². The van der Waals surface area contributed by atoms with E-state index in [1.807, 2.05) is 67.5 Å².